The lowest BCUT2D eigenvalue weighted by Gasteiger charge is -2.32. The number of rotatable bonds is 13. The predicted octanol–water partition coefficient (Wildman–Crippen LogP) is 37.6. The molecule has 0 aliphatic heterocycles. The summed E-state index contributed by atoms with van der Waals surface area (Å²) in [5.41, 5.74) is 43.7. The van der Waals surface area contributed by atoms with Gasteiger partial charge in [0.25, 0.3) is 0 Å². The quantitative estimate of drug-likeness (QED) is 0.115. The van der Waals surface area contributed by atoms with Crippen molar-refractivity contribution < 1.29 is 8.83 Å². The van der Waals surface area contributed by atoms with Crippen LogP contribution in [0.2, 0.25) is 0 Å². The van der Waals surface area contributed by atoms with Gasteiger partial charge in [0.2, 0.25) is 0 Å². The number of benzene rings is 23. The summed E-state index contributed by atoms with van der Waals surface area (Å²) in [6, 6.07) is 187. The SMILES string of the molecule is CC1(C)c2ccccc2-c2c(N(c3ccc(-c4ccc(-c5ccc(-c6ccc7c(c6)c6ccccc6n7-c6ccccc6)cc5)cc4)cc3)c3cc4ccccc4c4c3oc3ccccc34)cccc21.c1ccc2c(c1)-c1ccccc1C21c2ccccc2-c2c(N(c3ccc(-c4ccc(-c5ccc(-n6c7ccccc7c7ccccc76)cc5)cc4)cc3)c3cc4ccccc4c4c3oc3ccccc34)cccc21. The molecule has 0 saturated heterocycles. The second kappa shape index (κ2) is 32.5. The Kier molecular flexibility index (Phi) is 18.6. The van der Waals surface area contributed by atoms with Gasteiger partial charge in [-0.15, -0.1) is 0 Å². The van der Waals surface area contributed by atoms with Crippen LogP contribution in [0, 0.1) is 0 Å². The van der Waals surface area contributed by atoms with Gasteiger partial charge in [0, 0.05) is 82.4 Å². The molecule has 30 rings (SSSR count). The summed E-state index contributed by atoms with van der Waals surface area (Å²) in [7, 11) is 0. The van der Waals surface area contributed by atoms with Crippen LogP contribution in [0.1, 0.15) is 47.2 Å². The van der Waals surface area contributed by atoms with Gasteiger partial charge in [-0.2, -0.15) is 0 Å². The van der Waals surface area contributed by atoms with Crippen molar-refractivity contribution in [2.75, 3.05) is 9.80 Å². The number of fused-ring (bicyclic) bond motifs is 29. The van der Waals surface area contributed by atoms with Gasteiger partial charge in [-0.3, -0.25) is 0 Å². The van der Waals surface area contributed by atoms with E-state index in [0.29, 0.717) is 0 Å². The first-order valence-corrected chi connectivity index (χ1v) is 49.8. The molecule has 0 N–H and O–H groups in total. The molecule has 1 spiro atoms. The molecule has 4 aromatic heterocycles. The lowest BCUT2D eigenvalue weighted by Crippen LogP contribution is -2.26. The Labute approximate surface area is 833 Å². The van der Waals surface area contributed by atoms with Gasteiger partial charge >= 0.3 is 0 Å². The maximum atomic E-state index is 7.05. The zero-order valence-corrected chi connectivity index (χ0v) is 79.1. The summed E-state index contributed by atoms with van der Waals surface area (Å²) in [5, 5.41) is 14.2. The molecule has 0 radical (unpaired) electrons. The maximum absolute atomic E-state index is 7.05. The molecule has 674 valence electrons. The van der Waals surface area contributed by atoms with Crippen molar-refractivity contribution in [3.8, 4) is 100 Å². The van der Waals surface area contributed by atoms with Crippen LogP contribution in [0.15, 0.2) is 518 Å². The Morgan fingerprint density at radius 2 is 0.507 bits per heavy atom. The molecule has 3 aliphatic carbocycles. The molecule has 0 bridgehead atoms. The fourth-order valence-electron chi connectivity index (χ4n) is 24.7. The number of hydrogen-bond acceptors (Lipinski definition) is 4. The summed E-state index contributed by atoms with van der Waals surface area (Å²) in [6.45, 7) is 4.70. The molecule has 0 atom stereocenters. The molecule has 3 aliphatic rings. The van der Waals surface area contributed by atoms with Crippen molar-refractivity contribution >= 4 is 143 Å². The normalized spacial score (nSPS) is 12.9. The minimum atomic E-state index is -0.483. The maximum Gasteiger partial charge on any atom is 0.160 e. The van der Waals surface area contributed by atoms with E-state index in [2.05, 4.69) is 542 Å². The van der Waals surface area contributed by atoms with E-state index < -0.39 is 5.41 Å². The van der Waals surface area contributed by atoms with Crippen LogP contribution in [0.5, 0.6) is 0 Å². The molecular formula is C138H90N4O2. The monoisotopic (exact) mass is 1830 g/mol. The molecule has 0 fully saturated rings. The highest BCUT2D eigenvalue weighted by Crippen LogP contribution is 2.66. The average molecular weight is 1840 g/mol. The highest BCUT2D eigenvalue weighted by Gasteiger charge is 2.53. The Bertz CT molecular complexity index is 9810. The summed E-state index contributed by atoms with van der Waals surface area (Å²) in [6.07, 6.45) is 0. The average Bonchev–Trinajstić information content (AvgIpc) is 1.50. The van der Waals surface area contributed by atoms with Gasteiger partial charge in [0.05, 0.1) is 50.2 Å². The van der Waals surface area contributed by atoms with Crippen molar-refractivity contribution in [2.45, 2.75) is 24.7 Å². The van der Waals surface area contributed by atoms with Gasteiger partial charge in [-0.25, -0.2) is 0 Å². The van der Waals surface area contributed by atoms with Crippen LogP contribution in [-0.4, -0.2) is 9.13 Å². The molecule has 4 heterocycles. The lowest BCUT2D eigenvalue weighted by molar-refractivity contribution is 0.660. The number of para-hydroxylation sites is 6. The Balaban J connectivity index is 0.000000137. The third-order valence-corrected chi connectivity index (χ3v) is 31.2. The predicted molar refractivity (Wildman–Crippen MR) is 602 cm³/mol. The third kappa shape index (κ3) is 12.6. The highest BCUT2D eigenvalue weighted by molar-refractivity contribution is 6.25. The molecule has 6 nitrogen and oxygen atoms in total. The van der Waals surface area contributed by atoms with E-state index >= 15 is 0 Å². The van der Waals surface area contributed by atoms with Gasteiger partial charge < -0.3 is 27.8 Å². The molecule has 0 unspecified atom stereocenters. The number of nitrogens with zero attached hydrogens (tertiary/aromatic N) is 4. The van der Waals surface area contributed by atoms with E-state index in [1.54, 1.807) is 0 Å². The van der Waals surface area contributed by atoms with Crippen molar-refractivity contribution in [1.82, 2.24) is 9.13 Å². The second-order valence-electron chi connectivity index (χ2n) is 39.1. The Morgan fingerprint density at radius 3 is 0.965 bits per heavy atom. The van der Waals surface area contributed by atoms with Crippen LogP contribution in [0.3, 0.4) is 0 Å². The minimum absolute atomic E-state index is 0.148. The lowest BCUT2D eigenvalue weighted by atomic mass is 9.70. The van der Waals surface area contributed by atoms with Gasteiger partial charge in [0.15, 0.2) is 11.2 Å². The van der Waals surface area contributed by atoms with E-state index in [-0.39, 0.29) is 5.41 Å². The van der Waals surface area contributed by atoms with Crippen LogP contribution in [-0.2, 0) is 10.8 Å². The fourth-order valence-corrected chi connectivity index (χ4v) is 24.7. The summed E-state index contributed by atoms with van der Waals surface area (Å²) in [4.78, 5) is 4.90. The van der Waals surface area contributed by atoms with Crippen molar-refractivity contribution in [1.29, 1.82) is 0 Å². The van der Waals surface area contributed by atoms with Gasteiger partial charge in [-0.1, -0.05) is 408 Å². The summed E-state index contributed by atoms with van der Waals surface area (Å²) in [5.74, 6) is 0. The molecule has 0 amide bonds. The van der Waals surface area contributed by atoms with Gasteiger partial charge in [-0.05, 0) is 248 Å². The molecule has 144 heavy (non-hydrogen) atoms. The van der Waals surface area contributed by atoms with E-state index in [1.807, 2.05) is 0 Å². The molecule has 27 aromatic rings. The molecule has 0 saturated carbocycles. The summed E-state index contributed by atoms with van der Waals surface area (Å²) < 4.78 is 18.7. The highest BCUT2D eigenvalue weighted by atomic mass is 16.3. The van der Waals surface area contributed by atoms with E-state index in [1.165, 1.54) is 171 Å². The zero-order chi connectivity index (χ0) is 95.0. The Morgan fingerprint density at radius 1 is 0.201 bits per heavy atom. The van der Waals surface area contributed by atoms with Crippen molar-refractivity contribution in [3.63, 3.8) is 0 Å². The van der Waals surface area contributed by atoms with Crippen LogP contribution >= 0.6 is 0 Å². The Hall–Kier alpha value is -18.6. The second-order valence-corrected chi connectivity index (χ2v) is 39.1. The number of furan rings is 2. The van der Waals surface area contributed by atoms with Crippen LogP contribution in [0.4, 0.5) is 34.1 Å². The van der Waals surface area contributed by atoms with Crippen LogP contribution < -0.4 is 9.80 Å². The largest absolute Gasteiger partial charge is 0.454 e. The van der Waals surface area contributed by atoms with Crippen LogP contribution in [0.25, 0.3) is 209 Å². The van der Waals surface area contributed by atoms with Crippen molar-refractivity contribution in [2.24, 2.45) is 0 Å². The molecular weight excluding hydrogens is 1750 g/mol. The third-order valence-electron chi connectivity index (χ3n) is 31.2. The topological polar surface area (TPSA) is 42.6 Å². The number of aromatic nitrogens is 2. The van der Waals surface area contributed by atoms with E-state index in [4.69, 9.17) is 8.83 Å². The summed E-state index contributed by atoms with van der Waals surface area (Å²) >= 11 is 0. The minimum Gasteiger partial charge on any atom is -0.454 e. The fraction of sp³-hybridized carbons (Fsp3) is 0.0290. The first kappa shape index (κ1) is 82.5. The number of anilines is 6. The zero-order valence-electron chi connectivity index (χ0n) is 79.1. The van der Waals surface area contributed by atoms with E-state index in [0.717, 1.165) is 106 Å². The van der Waals surface area contributed by atoms with E-state index in [9.17, 15) is 0 Å². The molecule has 6 heteroatoms. The molecule has 23 aromatic carbocycles. The first-order valence-electron chi connectivity index (χ1n) is 49.8. The smallest absolute Gasteiger partial charge is 0.160 e. The standard InChI is InChI=1S/C71H44N2O.C67H46N2O/c1-2-17-52-49(16-1)44-66(70-68(52)58-23-8-14-31-67(58)74-70)73(65-30-15-27-62-69(65)57-22-5-11-26-61(57)71(62)59-24-9-3-18-53(59)54-19-4-10-25-60(54)71)51-42-38-48(39-43-51)46-34-32-45(33-35-46)47-36-40-50(41-37-47)72-63-28-12-6-20-55(63)56-21-7-13-29-64(56)72;1-67(2)57-22-11-8-20-54(57)65-58(67)23-14-25-61(65)69(62-42-49-15-6-7-18-52(49)64-55-21-10-13-26-63(55)70-66(62)64)51-38-35-46(36-39-51)45-29-27-43(28-30-45)44-31-33-47(34-32-44)48-37-40-60-56(41-48)53-19-9-12-24-59(53)68(60)50-16-4-3-5-17-50/h1-44H;3-42H,1-2H3. The van der Waals surface area contributed by atoms with Crippen molar-refractivity contribution in [3.05, 3.63) is 543 Å². The van der Waals surface area contributed by atoms with Gasteiger partial charge in [0.1, 0.15) is 11.2 Å². The first-order chi connectivity index (χ1) is 71.2. The number of hydrogen-bond donors (Lipinski definition) is 0.